The van der Waals surface area contributed by atoms with E-state index in [1.807, 2.05) is 36.4 Å². The lowest BCUT2D eigenvalue weighted by molar-refractivity contribution is -0.120. The summed E-state index contributed by atoms with van der Waals surface area (Å²) in [5.74, 6) is -0.512. The number of benzene rings is 2. The van der Waals surface area contributed by atoms with Crippen molar-refractivity contribution in [2.75, 3.05) is 18.0 Å². The number of nitrogens with zero attached hydrogens (tertiary/aromatic N) is 2. The number of likely N-dealkylation sites (tertiary alicyclic amines) is 1. The Balaban J connectivity index is 1.77. The first kappa shape index (κ1) is 20.7. The van der Waals surface area contributed by atoms with Gasteiger partial charge in [-0.1, -0.05) is 56.6 Å². The Morgan fingerprint density at radius 1 is 0.800 bits per heavy atom. The van der Waals surface area contributed by atoms with Gasteiger partial charge >= 0.3 is 0 Å². The van der Waals surface area contributed by atoms with Crippen LogP contribution in [0.2, 0.25) is 5.02 Å². The molecule has 0 atom stereocenters. The summed E-state index contributed by atoms with van der Waals surface area (Å²) in [6.07, 6.45) is 3.21. The van der Waals surface area contributed by atoms with Crippen LogP contribution in [-0.2, 0) is 15.0 Å². The van der Waals surface area contributed by atoms with E-state index >= 15 is 0 Å². The van der Waals surface area contributed by atoms with Crippen LogP contribution in [0.15, 0.2) is 54.2 Å². The van der Waals surface area contributed by atoms with Gasteiger partial charge in [-0.2, -0.15) is 0 Å². The number of hydrogen-bond donors (Lipinski definition) is 0. The van der Waals surface area contributed by atoms with E-state index in [2.05, 4.69) is 25.7 Å². The molecule has 0 aromatic heterocycles. The molecule has 156 valence electrons. The van der Waals surface area contributed by atoms with Crippen molar-refractivity contribution in [2.45, 2.75) is 45.4 Å². The minimum absolute atomic E-state index is 0.00321. The fraction of sp³-hybridized carbons (Fsp3) is 0.360. The van der Waals surface area contributed by atoms with Gasteiger partial charge in [0.25, 0.3) is 11.8 Å². The van der Waals surface area contributed by atoms with Crippen LogP contribution in [-0.4, -0.2) is 29.8 Å². The second-order valence-corrected chi connectivity index (χ2v) is 9.46. The Morgan fingerprint density at radius 2 is 1.40 bits per heavy atom. The molecule has 0 aliphatic carbocycles. The van der Waals surface area contributed by atoms with Crippen LogP contribution in [0.25, 0.3) is 5.57 Å². The maximum absolute atomic E-state index is 13.5. The van der Waals surface area contributed by atoms with Crippen LogP contribution in [0.1, 0.15) is 51.2 Å². The first-order chi connectivity index (χ1) is 14.3. The summed E-state index contributed by atoms with van der Waals surface area (Å²) in [6, 6.07) is 14.9. The molecular formula is C25H27ClN2O2. The molecule has 1 saturated heterocycles. The number of piperidine rings is 1. The molecule has 4 rings (SSSR count). The molecule has 2 aromatic carbocycles. The van der Waals surface area contributed by atoms with Crippen LogP contribution in [0.3, 0.4) is 0 Å². The smallest absolute Gasteiger partial charge is 0.282 e. The number of imide groups is 1. The van der Waals surface area contributed by atoms with Crippen LogP contribution in [0.4, 0.5) is 5.69 Å². The summed E-state index contributed by atoms with van der Waals surface area (Å²) in [5.41, 5.74) is 3.49. The number of carbonyl (C=O) groups is 2. The maximum Gasteiger partial charge on any atom is 0.282 e. The van der Waals surface area contributed by atoms with Gasteiger partial charge < -0.3 is 4.90 Å². The zero-order chi connectivity index (χ0) is 21.5. The van der Waals surface area contributed by atoms with Crippen LogP contribution < -0.4 is 4.90 Å². The van der Waals surface area contributed by atoms with E-state index in [-0.39, 0.29) is 17.2 Å². The molecule has 2 aromatic rings. The van der Waals surface area contributed by atoms with Crippen molar-refractivity contribution in [3.8, 4) is 0 Å². The van der Waals surface area contributed by atoms with Gasteiger partial charge in [-0.15, -0.1) is 0 Å². The van der Waals surface area contributed by atoms with Gasteiger partial charge in [0, 0.05) is 18.1 Å². The summed E-state index contributed by atoms with van der Waals surface area (Å²) in [6.45, 7) is 8.01. The standard InChI is InChI=1S/C25H27ClN2O2/c1-25(2,3)18-9-13-20(14-10-18)28-23(29)21(17-7-11-19(26)12-8-17)22(24(28)30)27-15-5-4-6-16-27/h7-14H,4-6,15-16H2,1-3H3. The highest BCUT2D eigenvalue weighted by Gasteiger charge is 2.42. The Labute approximate surface area is 183 Å². The van der Waals surface area contributed by atoms with E-state index in [0.29, 0.717) is 22.0 Å². The number of anilines is 1. The molecule has 4 nitrogen and oxygen atoms in total. The van der Waals surface area contributed by atoms with E-state index in [0.717, 1.165) is 43.5 Å². The summed E-state index contributed by atoms with van der Waals surface area (Å²) >= 11 is 6.06. The largest absolute Gasteiger partial charge is 0.366 e. The second kappa shape index (κ2) is 7.92. The van der Waals surface area contributed by atoms with Gasteiger partial charge in [0.2, 0.25) is 0 Å². The molecule has 2 heterocycles. The van der Waals surface area contributed by atoms with E-state index in [4.69, 9.17) is 11.6 Å². The van der Waals surface area contributed by atoms with Crippen molar-refractivity contribution in [1.82, 2.24) is 4.90 Å². The summed E-state index contributed by atoms with van der Waals surface area (Å²) < 4.78 is 0. The minimum Gasteiger partial charge on any atom is -0.366 e. The predicted octanol–water partition coefficient (Wildman–Crippen LogP) is 5.41. The molecule has 2 aliphatic rings. The average molecular weight is 423 g/mol. The average Bonchev–Trinajstić information content (AvgIpc) is 2.99. The van der Waals surface area contributed by atoms with Gasteiger partial charge in [-0.05, 0) is 60.1 Å². The lowest BCUT2D eigenvalue weighted by Gasteiger charge is -2.29. The molecule has 0 radical (unpaired) electrons. The number of hydrogen-bond acceptors (Lipinski definition) is 3. The van der Waals surface area contributed by atoms with Gasteiger partial charge in [-0.25, -0.2) is 4.90 Å². The van der Waals surface area contributed by atoms with Gasteiger partial charge in [0.05, 0.1) is 11.3 Å². The topological polar surface area (TPSA) is 40.6 Å². The van der Waals surface area contributed by atoms with Crippen molar-refractivity contribution < 1.29 is 9.59 Å². The Morgan fingerprint density at radius 3 is 1.97 bits per heavy atom. The predicted molar refractivity (Wildman–Crippen MR) is 121 cm³/mol. The first-order valence-electron chi connectivity index (χ1n) is 10.5. The van der Waals surface area contributed by atoms with E-state index in [9.17, 15) is 9.59 Å². The Bertz CT molecular complexity index is 995. The third-order valence-electron chi connectivity index (χ3n) is 5.86. The van der Waals surface area contributed by atoms with Gasteiger partial charge in [0.1, 0.15) is 5.70 Å². The van der Waals surface area contributed by atoms with Gasteiger partial charge in [0.15, 0.2) is 0 Å². The molecule has 1 fully saturated rings. The van der Waals surface area contributed by atoms with Crippen molar-refractivity contribution >= 4 is 34.7 Å². The highest BCUT2D eigenvalue weighted by Crippen LogP contribution is 2.36. The maximum atomic E-state index is 13.5. The lowest BCUT2D eigenvalue weighted by Crippen LogP contribution is -2.37. The quantitative estimate of drug-likeness (QED) is 0.621. The molecule has 0 bridgehead atoms. The molecule has 5 heteroatoms. The highest BCUT2D eigenvalue weighted by atomic mass is 35.5. The summed E-state index contributed by atoms with van der Waals surface area (Å²) in [5, 5.41) is 0.602. The second-order valence-electron chi connectivity index (χ2n) is 9.02. The Kier molecular flexibility index (Phi) is 5.46. The van der Waals surface area contributed by atoms with Crippen molar-refractivity contribution in [2.24, 2.45) is 0 Å². The lowest BCUT2D eigenvalue weighted by atomic mass is 9.87. The number of halogens is 1. The van der Waals surface area contributed by atoms with E-state index in [1.165, 1.54) is 4.90 Å². The monoisotopic (exact) mass is 422 g/mol. The zero-order valence-corrected chi connectivity index (χ0v) is 18.5. The molecule has 2 aliphatic heterocycles. The Hall–Kier alpha value is -2.59. The summed E-state index contributed by atoms with van der Waals surface area (Å²) in [7, 11) is 0. The highest BCUT2D eigenvalue weighted by molar-refractivity contribution is 6.45. The number of rotatable bonds is 3. The van der Waals surface area contributed by atoms with Crippen molar-refractivity contribution in [3.05, 3.63) is 70.4 Å². The van der Waals surface area contributed by atoms with Crippen LogP contribution in [0.5, 0.6) is 0 Å². The number of carbonyl (C=O) groups excluding carboxylic acids is 2. The molecule has 0 saturated carbocycles. The fourth-order valence-electron chi connectivity index (χ4n) is 4.15. The zero-order valence-electron chi connectivity index (χ0n) is 17.7. The first-order valence-corrected chi connectivity index (χ1v) is 10.9. The third-order valence-corrected chi connectivity index (χ3v) is 6.11. The number of amides is 2. The summed E-state index contributed by atoms with van der Waals surface area (Å²) in [4.78, 5) is 30.5. The normalized spacial score (nSPS) is 17.9. The van der Waals surface area contributed by atoms with Crippen molar-refractivity contribution in [1.29, 1.82) is 0 Å². The third kappa shape index (κ3) is 3.77. The molecule has 0 spiro atoms. The molecule has 30 heavy (non-hydrogen) atoms. The molecule has 0 N–H and O–H groups in total. The fourth-order valence-corrected chi connectivity index (χ4v) is 4.28. The van der Waals surface area contributed by atoms with E-state index in [1.54, 1.807) is 12.1 Å². The van der Waals surface area contributed by atoms with Crippen LogP contribution in [0, 0.1) is 0 Å². The minimum atomic E-state index is -0.272. The van der Waals surface area contributed by atoms with Crippen molar-refractivity contribution in [3.63, 3.8) is 0 Å². The molecule has 2 amide bonds. The molecular weight excluding hydrogens is 396 g/mol. The van der Waals surface area contributed by atoms with Gasteiger partial charge in [-0.3, -0.25) is 9.59 Å². The SMILES string of the molecule is CC(C)(C)c1ccc(N2C(=O)C(c3ccc(Cl)cc3)=C(N3CCCCC3)C2=O)cc1. The van der Waals surface area contributed by atoms with Crippen LogP contribution >= 0.6 is 11.6 Å². The molecule has 0 unspecified atom stereocenters. The van der Waals surface area contributed by atoms with E-state index < -0.39 is 0 Å².